The molecule has 0 spiro atoms. The molecule has 3 rings (SSSR count). The molecule has 0 unspecified atom stereocenters. The van der Waals surface area contributed by atoms with Crippen LogP contribution in [0.1, 0.15) is 5.56 Å². The zero-order valence-electron chi connectivity index (χ0n) is 16.1. The fourth-order valence-electron chi connectivity index (χ4n) is 3.34. The Kier molecular flexibility index (Phi) is 6.10. The van der Waals surface area contributed by atoms with Crippen molar-refractivity contribution in [3.8, 4) is 5.75 Å². The number of aryl methyl sites for hydroxylation is 1. The predicted molar refractivity (Wildman–Crippen MR) is 107 cm³/mol. The van der Waals surface area contributed by atoms with Gasteiger partial charge in [-0.3, -0.25) is 14.9 Å². The lowest BCUT2D eigenvalue weighted by molar-refractivity contribution is -0.892. The summed E-state index contributed by atoms with van der Waals surface area (Å²) in [6.45, 7) is 5.56. The Balaban J connectivity index is 1.54. The zero-order chi connectivity index (χ0) is 20.1. The molecule has 0 saturated carbocycles. The number of hydrogen-bond acceptors (Lipinski definition) is 5. The number of ether oxygens (including phenoxy) is 1. The van der Waals surface area contributed by atoms with Gasteiger partial charge in [-0.15, -0.1) is 0 Å². The van der Waals surface area contributed by atoms with Crippen LogP contribution in [0.5, 0.6) is 5.75 Å². The van der Waals surface area contributed by atoms with Gasteiger partial charge in [-0.05, 0) is 24.6 Å². The third-order valence-electron chi connectivity index (χ3n) is 5.01. The Morgan fingerprint density at radius 3 is 2.68 bits per heavy atom. The van der Waals surface area contributed by atoms with Crippen LogP contribution >= 0.6 is 0 Å². The molecule has 0 radical (unpaired) electrons. The maximum Gasteiger partial charge on any atom is 0.279 e. The molecule has 1 amide bonds. The van der Waals surface area contributed by atoms with Crippen LogP contribution in [-0.2, 0) is 4.79 Å². The first kappa shape index (κ1) is 19.6. The Morgan fingerprint density at radius 2 is 2.00 bits per heavy atom. The first-order chi connectivity index (χ1) is 13.5. The number of nitro groups is 1. The SMILES string of the molecule is COc1cccc(N2CC[NH+](CC(=O)Nc3cc([N+](=O)[O-])ccc3C)CC2)c1. The minimum absolute atomic E-state index is 0.0276. The molecule has 2 aromatic rings. The molecule has 8 heteroatoms. The normalized spacial score (nSPS) is 14.6. The molecule has 1 saturated heterocycles. The lowest BCUT2D eigenvalue weighted by Gasteiger charge is -2.33. The van der Waals surface area contributed by atoms with Crippen molar-refractivity contribution >= 4 is 23.0 Å². The van der Waals surface area contributed by atoms with Gasteiger partial charge < -0.3 is 19.9 Å². The van der Waals surface area contributed by atoms with E-state index < -0.39 is 4.92 Å². The van der Waals surface area contributed by atoms with Crippen LogP contribution in [0.15, 0.2) is 42.5 Å². The number of benzene rings is 2. The molecule has 1 fully saturated rings. The van der Waals surface area contributed by atoms with Crippen molar-refractivity contribution in [3.05, 3.63) is 58.1 Å². The highest BCUT2D eigenvalue weighted by Crippen LogP contribution is 2.22. The quantitative estimate of drug-likeness (QED) is 0.577. The number of quaternary nitrogens is 1. The fourth-order valence-corrected chi connectivity index (χ4v) is 3.34. The molecule has 2 N–H and O–H groups in total. The number of methoxy groups -OCH3 is 1. The average Bonchev–Trinajstić information content (AvgIpc) is 2.70. The molecule has 0 aliphatic carbocycles. The van der Waals surface area contributed by atoms with Crippen molar-refractivity contribution in [1.29, 1.82) is 0 Å². The Hall–Kier alpha value is -3.13. The van der Waals surface area contributed by atoms with Crippen LogP contribution in [0.2, 0.25) is 0 Å². The molecule has 2 aromatic carbocycles. The maximum atomic E-state index is 12.4. The second-order valence-electron chi connectivity index (χ2n) is 6.92. The largest absolute Gasteiger partial charge is 0.497 e. The van der Waals surface area contributed by atoms with Crippen LogP contribution in [-0.4, -0.2) is 50.7 Å². The van der Waals surface area contributed by atoms with Gasteiger partial charge in [-0.2, -0.15) is 0 Å². The number of non-ortho nitro benzene ring substituents is 1. The summed E-state index contributed by atoms with van der Waals surface area (Å²) in [5.41, 5.74) is 2.39. The Labute approximate surface area is 163 Å². The lowest BCUT2D eigenvalue weighted by Crippen LogP contribution is -3.15. The van der Waals surface area contributed by atoms with Crippen molar-refractivity contribution in [2.45, 2.75) is 6.92 Å². The van der Waals surface area contributed by atoms with Gasteiger partial charge >= 0.3 is 0 Å². The van der Waals surface area contributed by atoms with Gasteiger partial charge in [0.25, 0.3) is 11.6 Å². The van der Waals surface area contributed by atoms with E-state index in [9.17, 15) is 14.9 Å². The van der Waals surface area contributed by atoms with Crippen molar-refractivity contribution in [1.82, 2.24) is 0 Å². The highest BCUT2D eigenvalue weighted by molar-refractivity contribution is 5.92. The van der Waals surface area contributed by atoms with Crippen molar-refractivity contribution in [3.63, 3.8) is 0 Å². The van der Waals surface area contributed by atoms with E-state index in [-0.39, 0.29) is 11.6 Å². The number of rotatable bonds is 6. The van der Waals surface area contributed by atoms with Gasteiger partial charge in [0.05, 0.1) is 43.9 Å². The molecular formula is C20H25N4O4+. The van der Waals surface area contributed by atoms with Crippen LogP contribution in [0, 0.1) is 17.0 Å². The molecular weight excluding hydrogens is 360 g/mol. The Morgan fingerprint density at radius 1 is 1.25 bits per heavy atom. The standard InChI is InChI=1S/C20H24N4O4/c1-15-6-7-17(24(26)27)13-19(15)21-20(25)14-22-8-10-23(11-9-22)16-4-3-5-18(12-16)28-2/h3-7,12-13H,8-11,14H2,1-2H3,(H,21,25)/p+1. The molecule has 1 heterocycles. The second kappa shape index (κ2) is 8.71. The molecule has 1 aliphatic heterocycles. The summed E-state index contributed by atoms with van der Waals surface area (Å²) >= 11 is 0. The van der Waals surface area contributed by atoms with E-state index in [1.165, 1.54) is 17.0 Å². The third-order valence-corrected chi connectivity index (χ3v) is 5.01. The molecule has 148 valence electrons. The van der Waals surface area contributed by atoms with Crippen LogP contribution in [0.3, 0.4) is 0 Å². The van der Waals surface area contributed by atoms with E-state index in [1.54, 1.807) is 13.2 Å². The summed E-state index contributed by atoms with van der Waals surface area (Å²) in [7, 11) is 1.66. The molecule has 0 aromatic heterocycles. The molecule has 28 heavy (non-hydrogen) atoms. The number of hydrogen-bond donors (Lipinski definition) is 2. The minimum Gasteiger partial charge on any atom is -0.497 e. The minimum atomic E-state index is -0.460. The van der Waals surface area contributed by atoms with Gasteiger partial charge in [-0.25, -0.2) is 0 Å². The van der Waals surface area contributed by atoms with Crippen molar-refractivity contribution in [2.24, 2.45) is 0 Å². The smallest absolute Gasteiger partial charge is 0.279 e. The first-order valence-corrected chi connectivity index (χ1v) is 9.23. The number of amides is 1. The van der Waals surface area contributed by atoms with Crippen LogP contribution < -0.4 is 19.9 Å². The number of carbonyl (C=O) groups is 1. The summed E-state index contributed by atoms with van der Waals surface area (Å²) in [5, 5.41) is 13.7. The van der Waals surface area contributed by atoms with Gasteiger partial charge in [-0.1, -0.05) is 12.1 Å². The number of carbonyl (C=O) groups excluding carboxylic acids is 1. The third kappa shape index (κ3) is 4.77. The topological polar surface area (TPSA) is 89.2 Å². The number of nitrogens with one attached hydrogen (secondary N) is 2. The number of nitro benzene ring substituents is 1. The molecule has 0 atom stereocenters. The van der Waals surface area contributed by atoms with Crippen LogP contribution in [0.4, 0.5) is 17.1 Å². The van der Waals surface area contributed by atoms with E-state index in [2.05, 4.69) is 16.3 Å². The summed E-state index contributed by atoms with van der Waals surface area (Å²) < 4.78 is 5.28. The maximum absolute atomic E-state index is 12.4. The lowest BCUT2D eigenvalue weighted by atomic mass is 10.2. The number of nitrogens with zero attached hydrogens (tertiary/aromatic N) is 2. The first-order valence-electron chi connectivity index (χ1n) is 9.23. The van der Waals surface area contributed by atoms with Crippen molar-refractivity contribution in [2.75, 3.05) is 50.1 Å². The van der Waals surface area contributed by atoms with E-state index >= 15 is 0 Å². The number of anilines is 2. The monoisotopic (exact) mass is 385 g/mol. The molecule has 8 nitrogen and oxygen atoms in total. The van der Waals surface area contributed by atoms with E-state index in [4.69, 9.17) is 4.74 Å². The zero-order valence-corrected chi connectivity index (χ0v) is 16.1. The summed E-state index contributed by atoms with van der Waals surface area (Å²) in [6.07, 6.45) is 0. The average molecular weight is 385 g/mol. The van der Waals surface area contributed by atoms with Gasteiger partial charge in [0.2, 0.25) is 0 Å². The van der Waals surface area contributed by atoms with Gasteiger partial charge in [0, 0.05) is 23.9 Å². The fraction of sp³-hybridized carbons (Fsp3) is 0.350. The molecule has 1 aliphatic rings. The molecule has 0 bridgehead atoms. The number of piperazine rings is 1. The van der Waals surface area contributed by atoms with Crippen LogP contribution in [0.25, 0.3) is 0 Å². The predicted octanol–water partition coefficient (Wildman–Crippen LogP) is 1.26. The highest BCUT2D eigenvalue weighted by Gasteiger charge is 2.23. The Bertz CT molecular complexity index is 863. The highest BCUT2D eigenvalue weighted by atomic mass is 16.6. The summed E-state index contributed by atoms with van der Waals surface area (Å²) in [4.78, 5) is 26.4. The van der Waals surface area contributed by atoms with Gasteiger partial charge in [0.1, 0.15) is 5.75 Å². The van der Waals surface area contributed by atoms with E-state index in [0.29, 0.717) is 12.2 Å². The van der Waals surface area contributed by atoms with Crippen molar-refractivity contribution < 1.29 is 19.4 Å². The second-order valence-corrected chi connectivity index (χ2v) is 6.92. The summed E-state index contributed by atoms with van der Waals surface area (Å²) in [6, 6.07) is 12.5. The van der Waals surface area contributed by atoms with E-state index in [0.717, 1.165) is 43.2 Å². The summed E-state index contributed by atoms with van der Waals surface area (Å²) in [5.74, 6) is 0.701. The van der Waals surface area contributed by atoms with Gasteiger partial charge in [0.15, 0.2) is 6.54 Å². The van der Waals surface area contributed by atoms with E-state index in [1.807, 2.05) is 25.1 Å².